The molecule has 0 saturated carbocycles. The fraction of sp³-hybridized carbons (Fsp3) is 0.588. The molecule has 126 valence electrons. The van der Waals surface area contributed by atoms with Crippen LogP contribution in [0.15, 0.2) is 23.2 Å². The molecule has 2 N–H and O–H groups in total. The van der Waals surface area contributed by atoms with Crippen molar-refractivity contribution >= 4 is 5.96 Å². The average Bonchev–Trinajstić information content (AvgIpc) is 2.99. The van der Waals surface area contributed by atoms with E-state index in [1.54, 1.807) is 7.05 Å². The van der Waals surface area contributed by atoms with Gasteiger partial charge in [0.25, 0.3) is 0 Å². The molecule has 6 nitrogen and oxygen atoms in total. The van der Waals surface area contributed by atoms with E-state index in [2.05, 4.69) is 15.6 Å². The molecule has 0 spiro atoms. The van der Waals surface area contributed by atoms with E-state index in [4.69, 9.17) is 14.2 Å². The van der Waals surface area contributed by atoms with Gasteiger partial charge in [-0.15, -0.1) is 0 Å². The summed E-state index contributed by atoms with van der Waals surface area (Å²) in [4.78, 5) is 4.25. The van der Waals surface area contributed by atoms with Crippen LogP contribution < -0.4 is 20.1 Å². The van der Waals surface area contributed by atoms with Crippen LogP contribution >= 0.6 is 0 Å². The second-order valence-corrected chi connectivity index (χ2v) is 5.77. The first-order valence-electron chi connectivity index (χ1n) is 8.30. The fourth-order valence-corrected chi connectivity index (χ4v) is 2.74. The van der Waals surface area contributed by atoms with Crippen molar-refractivity contribution in [3.63, 3.8) is 0 Å². The van der Waals surface area contributed by atoms with E-state index in [1.165, 1.54) is 0 Å². The van der Waals surface area contributed by atoms with Gasteiger partial charge in [-0.05, 0) is 30.5 Å². The Morgan fingerprint density at radius 3 is 2.78 bits per heavy atom. The van der Waals surface area contributed by atoms with Gasteiger partial charge in [0, 0.05) is 33.2 Å². The minimum absolute atomic E-state index is 0.298. The topological polar surface area (TPSA) is 64.1 Å². The van der Waals surface area contributed by atoms with Crippen LogP contribution in [0.4, 0.5) is 0 Å². The molecular weight excluding hydrogens is 294 g/mol. The summed E-state index contributed by atoms with van der Waals surface area (Å²) in [6, 6.07) is 6.05. The van der Waals surface area contributed by atoms with Gasteiger partial charge in [-0.2, -0.15) is 0 Å². The first-order chi connectivity index (χ1) is 11.3. The molecular formula is C17H25N3O3. The molecule has 2 aliphatic heterocycles. The number of fused-ring (bicyclic) bond motifs is 1. The van der Waals surface area contributed by atoms with Gasteiger partial charge >= 0.3 is 0 Å². The molecule has 0 amide bonds. The molecule has 0 radical (unpaired) electrons. The Balaban J connectivity index is 1.51. The van der Waals surface area contributed by atoms with Gasteiger partial charge in [0.2, 0.25) is 0 Å². The summed E-state index contributed by atoms with van der Waals surface area (Å²) in [5.41, 5.74) is 1.13. The van der Waals surface area contributed by atoms with Gasteiger partial charge in [0.15, 0.2) is 17.5 Å². The van der Waals surface area contributed by atoms with E-state index in [0.717, 1.165) is 55.4 Å². The molecule has 0 aliphatic carbocycles. The third-order valence-electron chi connectivity index (χ3n) is 4.02. The van der Waals surface area contributed by atoms with Crippen LogP contribution in [0.2, 0.25) is 0 Å². The zero-order chi connectivity index (χ0) is 15.9. The fourth-order valence-electron chi connectivity index (χ4n) is 2.74. The number of aliphatic imine (C=N–C) groups is 1. The lowest BCUT2D eigenvalue weighted by Gasteiger charge is -2.15. The zero-order valence-electron chi connectivity index (χ0n) is 13.6. The number of ether oxygens (including phenoxy) is 3. The van der Waals surface area contributed by atoms with Crippen molar-refractivity contribution in [3.05, 3.63) is 23.8 Å². The molecule has 2 aliphatic rings. The lowest BCUT2D eigenvalue weighted by atomic mass is 10.2. The molecule has 1 unspecified atom stereocenters. The minimum Gasteiger partial charge on any atom is -0.490 e. The quantitative estimate of drug-likeness (QED) is 0.653. The molecule has 1 fully saturated rings. The van der Waals surface area contributed by atoms with Crippen LogP contribution in [-0.4, -0.2) is 45.5 Å². The summed E-state index contributed by atoms with van der Waals surface area (Å²) in [7, 11) is 1.78. The predicted molar refractivity (Wildman–Crippen MR) is 89.2 cm³/mol. The standard InChI is InChI=1S/C17H25N3O3/c1-18-17(20-12-14-4-2-7-21-14)19-11-13-5-6-15-16(10-13)23-9-3-8-22-15/h5-6,10,14H,2-4,7-9,11-12H2,1H3,(H2,18,19,20). The first-order valence-corrected chi connectivity index (χ1v) is 8.30. The van der Waals surface area contributed by atoms with Crippen molar-refractivity contribution in [2.24, 2.45) is 4.99 Å². The van der Waals surface area contributed by atoms with Gasteiger partial charge in [0.05, 0.1) is 19.3 Å². The van der Waals surface area contributed by atoms with Crippen molar-refractivity contribution in [2.75, 3.05) is 33.4 Å². The highest BCUT2D eigenvalue weighted by molar-refractivity contribution is 5.79. The number of nitrogens with one attached hydrogen (secondary N) is 2. The van der Waals surface area contributed by atoms with Gasteiger partial charge in [-0.3, -0.25) is 4.99 Å². The second kappa shape index (κ2) is 8.06. The van der Waals surface area contributed by atoms with E-state index in [0.29, 0.717) is 25.9 Å². The number of benzene rings is 1. The normalized spacial score (nSPS) is 20.9. The van der Waals surface area contributed by atoms with Crippen LogP contribution in [0.3, 0.4) is 0 Å². The highest BCUT2D eigenvalue weighted by Crippen LogP contribution is 2.30. The van der Waals surface area contributed by atoms with Crippen molar-refractivity contribution < 1.29 is 14.2 Å². The predicted octanol–water partition coefficient (Wildman–Crippen LogP) is 1.69. The average molecular weight is 319 g/mol. The molecule has 1 atom stereocenters. The summed E-state index contributed by atoms with van der Waals surface area (Å²) in [6.07, 6.45) is 3.48. The molecule has 1 aromatic rings. The van der Waals surface area contributed by atoms with Gasteiger partial charge in [0.1, 0.15) is 0 Å². The molecule has 1 saturated heterocycles. The number of hydrogen-bond donors (Lipinski definition) is 2. The zero-order valence-corrected chi connectivity index (χ0v) is 13.6. The maximum absolute atomic E-state index is 5.72. The van der Waals surface area contributed by atoms with E-state index in [1.807, 2.05) is 18.2 Å². The molecule has 1 aromatic carbocycles. The summed E-state index contributed by atoms with van der Waals surface area (Å²) in [6.45, 7) is 3.76. The number of hydrogen-bond acceptors (Lipinski definition) is 4. The Kier molecular flexibility index (Phi) is 5.58. The Bertz CT molecular complexity index is 542. The highest BCUT2D eigenvalue weighted by Gasteiger charge is 2.15. The number of guanidine groups is 1. The largest absolute Gasteiger partial charge is 0.490 e. The maximum atomic E-state index is 5.72. The van der Waals surface area contributed by atoms with Crippen molar-refractivity contribution in [1.29, 1.82) is 0 Å². The van der Waals surface area contributed by atoms with E-state index < -0.39 is 0 Å². The SMILES string of the molecule is CN=C(NCc1ccc2c(c1)OCCCO2)NCC1CCCO1. The minimum atomic E-state index is 0.298. The smallest absolute Gasteiger partial charge is 0.191 e. The maximum Gasteiger partial charge on any atom is 0.191 e. The molecule has 0 bridgehead atoms. The van der Waals surface area contributed by atoms with Crippen LogP contribution in [0.1, 0.15) is 24.8 Å². The first kappa shape index (κ1) is 15.9. The Morgan fingerprint density at radius 2 is 2.00 bits per heavy atom. The Hall–Kier alpha value is -1.95. The van der Waals surface area contributed by atoms with Gasteiger partial charge < -0.3 is 24.8 Å². The van der Waals surface area contributed by atoms with E-state index >= 15 is 0 Å². The third kappa shape index (κ3) is 4.51. The van der Waals surface area contributed by atoms with Crippen molar-refractivity contribution in [3.8, 4) is 11.5 Å². The van der Waals surface area contributed by atoms with Crippen LogP contribution in [-0.2, 0) is 11.3 Å². The Morgan fingerprint density at radius 1 is 1.13 bits per heavy atom. The van der Waals surface area contributed by atoms with E-state index in [9.17, 15) is 0 Å². The van der Waals surface area contributed by atoms with Crippen LogP contribution in [0, 0.1) is 0 Å². The third-order valence-corrected chi connectivity index (χ3v) is 4.02. The van der Waals surface area contributed by atoms with Gasteiger partial charge in [-0.1, -0.05) is 6.07 Å². The summed E-state index contributed by atoms with van der Waals surface area (Å²) in [5, 5.41) is 6.63. The Labute approximate surface area is 137 Å². The highest BCUT2D eigenvalue weighted by atomic mass is 16.5. The summed E-state index contributed by atoms with van der Waals surface area (Å²) in [5.74, 6) is 2.43. The lowest BCUT2D eigenvalue weighted by molar-refractivity contribution is 0.114. The van der Waals surface area contributed by atoms with Crippen molar-refractivity contribution in [2.45, 2.75) is 31.9 Å². The molecule has 23 heavy (non-hydrogen) atoms. The molecule has 0 aromatic heterocycles. The molecule has 3 rings (SSSR count). The molecule has 2 heterocycles. The van der Waals surface area contributed by atoms with Crippen LogP contribution in [0.25, 0.3) is 0 Å². The van der Waals surface area contributed by atoms with E-state index in [-0.39, 0.29) is 0 Å². The summed E-state index contributed by atoms with van der Waals surface area (Å²) >= 11 is 0. The monoisotopic (exact) mass is 319 g/mol. The summed E-state index contributed by atoms with van der Waals surface area (Å²) < 4.78 is 17.0. The number of rotatable bonds is 4. The second-order valence-electron chi connectivity index (χ2n) is 5.77. The number of nitrogens with zero attached hydrogens (tertiary/aromatic N) is 1. The van der Waals surface area contributed by atoms with Crippen LogP contribution in [0.5, 0.6) is 11.5 Å². The molecule has 6 heteroatoms. The lowest BCUT2D eigenvalue weighted by Crippen LogP contribution is -2.40. The van der Waals surface area contributed by atoms with Crippen molar-refractivity contribution in [1.82, 2.24) is 10.6 Å². The van der Waals surface area contributed by atoms with Gasteiger partial charge in [-0.25, -0.2) is 0 Å².